The van der Waals surface area contributed by atoms with Crippen LogP contribution in [0.15, 0.2) is 41.8 Å². The van der Waals surface area contributed by atoms with Gasteiger partial charge in [0.25, 0.3) is 0 Å². The molecule has 0 radical (unpaired) electrons. The largest absolute Gasteiger partial charge is 0.312 e. The van der Waals surface area contributed by atoms with Crippen LogP contribution in [-0.4, -0.2) is 7.05 Å². The van der Waals surface area contributed by atoms with Gasteiger partial charge in [-0.3, -0.25) is 0 Å². The molecule has 1 aliphatic rings. The lowest BCUT2D eigenvalue weighted by Crippen LogP contribution is -2.26. The summed E-state index contributed by atoms with van der Waals surface area (Å²) in [6.45, 7) is 0. The minimum Gasteiger partial charge on any atom is -0.312 e. The van der Waals surface area contributed by atoms with Crippen LogP contribution in [0.2, 0.25) is 0 Å². The second-order valence-corrected chi connectivity index (χ2v) is 5.96. The lowest BCUT2D eigenvalue weighted by Gasteiger charge is -2.31. The maximum atomic E-state index is 3.53. The maximum absolute atomic E-state index is 3.53. The molecule has 1 nitrogen and oxygen atoms in total. The molecule has 1 aliphatic carbocycles. The van der Waals surface area contributed by atoms with Gasteiger partial charge in [0.1, 0.15) is 0 Å². The van der Waals surface area contributed by atoms with E-state index >= 15 is 0 Å². The van der Waals surface area contributed by atoms with E-state index in [2.05, 4.69) is 54.1 Å². The van der Waals surface area contributed by atoms with Gasteiger partial charge < -0.3 is 5.32 Å². The molecule has 2 atom stereocenters. The zero-order chi connectivity index (χ0) is 12.4. The third-order valence-electron chi connectivity index (χ3n) is 3.98. The SMILES string of the molecule is CNC(c1cccs1)C1CCCc2ccccc21. The van der Waals surface area contributed by atoms with Gasteiger partial charge in [-0.25, -0.2) is 0 Å². The average molecular weight is 257 g/mol. The number of aryl methyl sites for hydroxylation is 1. The quantitative estimate of drug-likeness (QED) is 0.872. The van der Waals surface area contributed by atoms with Crippen LogP contribution < -0.4 is 5.32 Å². The molecule has 1 aromatic heterocycles. The summed E-state index contributed by atoms with van der Waals surface area (Å²) in [4.78, 5) is 1.46. The zero-order valence-corrected chi connectivity index (χ0v) is 11.5. The van der Waals surface area contributed by atoms with Crippen LogP contribution in [0.5, 0.6) is 0 Å². The number of fused-ring (bicyclic) bond motifs is 1. The number of rotatable bonds is 3. The molecule has 2 unspecified atom stereocenters. The summed E-state index contributed by atoms with van der Waals surface area (Å²) in [7, 11) is 2.08. The van der Waals surface area contributed by atoms with E-state index in [4.69, 9.17) is 0 Å². The Morgan fingerprint density at radius 3 is 2.89 bits per heavy atom. The molecule has 1 N–H and O–H groups in total. The Balaban J connectivity index is 1.97. The van der Waals surface area contributed by atoms with Gasteiger partial charge in [0.2, 0.25) is 0 Å². The van der Waals surface area contributed by atoms with Crippen molar-refractivity contribution in [3.63, 3.8) is 0 Å². The Labute approximate surface area is 113 Å². The Morgan fingerprint density at radius 2 is 2.11 bits per heavy atom. The Morgan fingerprint density at radius 1 is 1.22 bits per heavy atom. The smallest absolute Gasteiger partial charge is 0.0482 e. The van der Waals surface area contributed by atoms with Crippen molar-refractivity contribution in [2.24, 2.45) is 0 Å². The summed E-state index contributed by atoms with van der Waals surface area (Å²) in [5.41, 5.74) is 3.10. The maximum Gasteiger partial charge on any atom is 0.0482 e. The highest BCUT2D eigenvalue weighted by Crippen LogP contribution is 2.41. The minimum atomic E-state index is 0.464. The summed E-state index contributed by atoms with van der Waals surface area (Å²) in [6.07, 6.45) is 3.85. The number of nitrogens with one attached hydrogen (secondary N) is 1. The first-order valence-electron chi connectivity index (χ1n) is 6.68. The van der Waals surface area contributed by atoms with Crippen molar-refractivity contribution in [2.75, 3.05) is 7.05 Å². The van der Waals surface area contributed by atoms with Crippen molar-refractivity contribution in [2.45, 2.75) is 31.2 Å². The van der Waals surface area contributed by atoms with Crippen molar-refractivity contribution in [3.05, 3.63) is 57.8 Å². The minimum absolute atomic E-state index is 0.464. The van der Waals surface area contributed by atoms with Crippen LogP contribution in [0.1, 0.15) is 40.8 Å². The Hall–Kier alpha value is -1.12. The van der Waals surface area contributed by atoms with E-state index in [0.717, 1.165) is 0 Å². The molecule has 0 fully saturated rings. The molecular weight excluding hydrogens is 238 g/mol. The van der Waals surface area contributed by atoms with Gasteiger partial charge in [-0.05, 0) is 48.9 Å². The van der Waals surface area contributed by atoms with Gasteiger partial charge in [0.05, 0.1) is 0 Å². The number of benzene rings is 1. The van der Waals surface area contributed by atoms with Gasteiger partial charge in [0, 0.05) is 16.8 Å². The van der Waals surface area contributed by atoms with Crippen molar-refractivity contribution < 1.29 is 0 Å². The molecule has 2 heteroatoms. The van der Waals surface area contributed by atoms with Crippen LogP contribution >= 0.6 is 11.3 Å². The first-order chi connectivity index (χ1) is 8.90. The second kappa shape index (κ2) is 5.25. The summed E-state index contributed by atoms with van der Waals surface area (Å²) < 4.78 is 0. The fourth-order valence-corrected chi connectivity index (χ4v) is 4.05. The first kappa shape index (κ1) is 11.9. The van der Waals surface area contributed by atoms with E-state index in [0.29, 0.717) is 12.0 Å². The lowest BCUT2D eigenvalue weighted by atomic mass is 9.78. The predicted molar refractivity (Wildman–Crippen MR) is 78.2 cm³/mol. The van der Waals surface area contributed by atoms with Gasteiger partial charge in [-0.1, -0.05) is 30.3 Å². The standard InChI is InChI=1S/C16H19NS/c1-17-16(15-10-5-11-18-15)14-9-4-7-12-6-2-3-8-13(12)14/h2-3,5-6,8,10-11,14,16-17H,4,7,9H2,1H3. The normalized spacial score (nSPS) is 20.4. The number of hydrogen-bond donors (Lipinski definition) is 1. The lowest BCUT2D eigenvalue weighted by molar-refractivity contribution is 0.430. The third-order valence-corrected chi connectivity index (χ3v) is 4.93. The van der Waals surface area contributed by atoms with Crippen molar-refractivity contribution in [3.8, 4) is 0 Å². The highest BCUT2D eigenvalue weighted by atomic mass is 32.1. The Kier molecular flexibility index (Phi) is 3.48. The van der Waals surface area contributed by atoms with Gasteiger partial charge in [-0.2, -0.15) is 0 Å². The van der Waals surface area contributed by atoms with Crippen molar-refractivity contribution in [1.29, 1.82) is 0 Å². The number of likely N-dealkylation sites (N-methyl/N-ethyl adjacent to an activating group) is 1. The summed E-state index contributed by atoms with van der Waals surface area (Å²) in [5.74, 6) is 0.624. The van der Waals surface area contributed by atoms with Gasteiger partial charge >= 0.3 is 0 Å². The molecule has 1 aromatic carbocycles. The fourth-order valence-electron chi connectivity index (χ4n) is 3.15. The van der Waals surface area contributed by atoms with Gasteiger partial charge in [-0.15, -0.1) is 11.3 Å². The average Bonchev–Trinajstić information content (AvgIpc) is 2.94. The van der Waals surface area contributed by atoms with E-state index in [9.17, 15) is 0 Å². The molecule has 3 rings (SSSR count). The van der Waals surface area contributed by atoms with E-state index < -0.39 is 0 Å². The monoisotopic (exact) mass is 257 g/mol. The summed E-state index contributed by atoms with van der Waals surface area (Å²) >= 11 is 1.86. The molecule has 2 aromatic rings. The molecule has 0 bridgehead atoms. The second-order valence-electron chi connectivity index (χ2n) is 4.98. The van der Waals surface area contributed by atoms with Crippen LogP contribution in [0, 0.1) is 0 Å². The highest BCUT2D eigenvalue weighted by molar-refractivity contribution is 7.10. The van der Waals surface area contributed by atoms with E-state index in [1.165, 1.54) is 24.1 Å². The fraction of sp³-hybridized carbons (Fsp3) is 0.375. The summed E-state index contributed by atoms with van der Waals surface area (Å²) in [5, 5.41) is 5.70. The molecule has 94 valence electrons. The molecule has 0 spiro atoms. The predicted octanol–water partition coefficient (Wildman–Crippen LogP) is 4.13. The third kappa shape index (κ3) is 2.11. The molecule has 18 heavy (non-hydrogen) atoms. The topological polar surface area (TPSA) is 12.0 Å². The van der Waals surface area contributed by atoms with Crippen molar-refractivity contribution >= 4 is 11.3 Å². The number of thiophene rings is 1. The van der Waals surface area contributed by atoms with Crippen LogP contribution in [0.4, 0.5) is 0 Å². The van der Waals surface area contributed by atoms with E-state index in [1.54, 1.807) is 11.1 Å². The molecule has 1 heterocycles. The van der Waals surface area contributed by atoms with Crippen LogP contribution in [-0.2, 0) is 6.42 Å². The van der Waals surface area contributed by atoms with Crippen molar-refractivity contribution in [1.82, 2.24) is 5.32 Å². The molecular formula is C16H19NS. The Bertz CT molecular complexity index is 504. The zero-order valence-electron chi connectivity index (χ0n) is 10.7. The molecule has 0 saturated carbocycles. The summed E-state index contributed by atoms with van der Waals surface area (Å²) in [6, 6.07) is 13.8. The van der Waals surface area contributed by atoms with Crippen LogP contribution in [0.25, 0.3) is 0 Å². The van der Waals surface area contributed by atoms with Crippen LogP contribution in [0.3, 0.4) is 0 Å². The highest BCUT2D eigenvalue weighted by Gasteiger charge is 2.28. The molecule has 0 saturated heterocycles. The number of hydrogen-bond acceptors (Lipinski definition) is 2. The molecule has 0 amide bonds. The molecule has 0 aliphatic heterocycles. The first-order valence-corrected chi connectivity index (χ1v) is 7.56. The van der Waals surface area contributed by atoms with E-state index in [-0.39, 0.29) is 0 Å². The van der Waals surface area contributed by atoms with Gasteiger partial charge in [0.15, 0.2) is 0 Å². The van der Waals surface area contributed by atoms with E-state index in [1.807, 2.05) is 11.3 Å².